The molecule has 0 fully saturated rings. The molecule has 0 aliphatic rings. The zero-order chi connectivity index (χ0) is 21.2. The fourth-order valence-corrected chi connectivity index (χ4v) is 4.14. The molecule has 31 heavy (non-hydrogen) atoms. The average molecular weight is 406 g/mol. The Morgan fingerprint density at radius 2 is 1.42 bits per heavy atom. The molecule has 0 aliphatic carbocycles. The highest BCUT2D eigenvalue weighted by molar-refractivity contribution is 6.08. The molecular formula is C27H23N3O. The molecule has 0 bridgehead atoms. The highest BCUT2D eigenvalue weighted by atomic mass is 16.2. The van der Waals surface area contributed by atoms with Gasteiger partial charge in [0.15, 0.2) is 0 Å². The summed E-state index contributed by atoms with van der Waals surface area (Å²) in [6.45, 7) is 2.52. The maximum absolute atomic E-state index is 12.5. The quantitative estimate of drug-likeness (QED) is 0.288. The van der Waals surface area contributed by atoms with Gasteiger partial charge in [-0.25, -0.2) is 5.43 Å². The number of carbonyl (C=O) groups is 1. The van der Waals surface area contributed by atoms with E-state index in [1.807, 2.05) is 37.3 Å². The fourth-order valence-electron chi connectivity index (χ4n) is 4.14. The Hall–Kier alpha value is -3.92. The number of para-hydroxylation sites is 2. The summed E-state index contributed by atoms with van der Waals surface area (Å²) >= 11 is 0. The van der Waals surface area contributed by atoms with Gasteiger partial charge in [0.25, 0.3) is 0 Å². The second-order valence-electron chi connectivity index (χ2n) is 7.73. The summed E-state index contributed by atoms with van der Waals surface area (Å²) in [6.07, 6.45) is 0.358. The lowest BCUT2D eigenvalue weighted by Crippen LogP contribution is -2.20. The van der Waals surface area contributed by atoms with Crippen LogP contribution in [0.1, 0.15) is 18.9 Å². The molecule has 0 radical (unpaired) electrons. The van der Waals surface area contributed by atoms with Crippen LogP contribution in [0, 0.1) is 0 Å². The lowest BCUT2D eigenvalue weighted by atomic mass is 10.0. The van der Waals surface area contributed by atoms with E-state index in [1.165, 1.54) is 16.2 Å². The third-order valence-corrected chi connectivity index (χ3v) is 5.76. The zero-order valence-corrected chi connectivity index (χ0v) is 17.4. The van der Waals surface area contributed by atoms with Crippen LogP contribution in [0.25, 0.3) is 32.6 Å². The van der Waals surface area contributed by atoms with Gasteiger partial charge in [0.1, 0.15) is 0 Å². The molecular weight excluding hydrogens is 382 g/mol. The summed E-state index contributed by atoms with van der Waals surface area (Å²) in [7, 11) is 0. The Morgan fingerprint density at radius 1 is 0.806 bits per heavy atom. The Kier molecular flexibility index (Phi) is 4.97. The molecule has 1 aromatic heterocycles. The second kappa shape index (κ2) is 8.07. The number of hydrogen-bond donors (Lipinski definition) is 1. The third kappa shape index (κ3) is 3.68. The number of benzene rings is 4. The van der Waals surface area contributed by atoms with Gasteiger partial charge in [-0.3, -0.25) is 4.79 Å². The number of hydrogen-bond acceptors (Lipinski definition) is 2. The number of aryl methyl sites for hydroxylation is 1. The van der Waals surface area contributed by atoms with Crippen molar-refractivity contribution in [3.63, 3.8) is 0 Å². The normalized spacial score (nSPS) is 12.0. The highest BCUT2D eigenvalue weighted by Crippen LogP contribution is 2.28. The number of aromatic nitrogens is 1. The van der Waals surface area contributed by atoms with Gasteiger partial charge in [0.2, 0.25) is 5.91 Å². The van der Waals surface area contributed by atoms with Gasteiger partial charge in [0, 0.05) is 34.8 Å². The van der Waals surface area contributed by atoms with Crippen molar-refractivity contribution in [3.8, 4) is 0 Å². The van der Waals surface area contributed by atoms with Crippen LogP contribution in [-0.2, 0) is 11.3 Å². The molecule has 1 N–H and O–H groups in total. The molecule has 0 unspecified atom stereocenters. The first kappa shape index (κ1) is 19.1. The van der Waals surface area contributed by atoms with E-state index in [9.17, 15) is 4.79 Å². The minimum Gasteiger partial charge on any atom is -0.340 e. The highest BCUT2D eigenvalue weighted by Gasteiger charge is 2.11. The van der Waals surface area contributed by atoms with Crippen LogP contribution in [0.4, 0.5) is 0 Å². The van der Waals surface area contributed by atoms with Crippen LogP contribution in [-0.4, -0.2) is 16.2 Å². The summed E-state index contributed by atoms with van der Waals surface area (Å²) < 4.78 is 2.21. The molecule has 1 amide bonds. The lowest BCUT2D eigenvalue weighted by molar-refractivity contribution is -0.121. The number of hydrazone groups is 1. The Labute approximate surface area is 180 Å². The van der Waals surface area contributed by atoms with E-state index in [-0.39, 0.29) is 5.91 Å². The molecule has 5 rings (SSSR count). The van der Waals surface area contributed by atoms with Gasteiger partial charge < -0.3 is 4.57 Å². The van der Waals surface area contributed by atoms with Crippen molar-refractivity contribution in [3.05, 3.63) is 96.6 Å². The maximum Gasteiger partial charge on any atom is 0.241 e. The van der Waals surface area contributed by atoms with Crippen molar-refractivity contribution < 1.29 is 4.79 Å². The summed E-state index contributed by atoms with van der Waals surface area (Å²) in [5.74, 6) is -0.0954. The van der Waals surface area contributed by atoms with E-state index in [0.29, 0.717) is 13.0 Å². The monoisotopic (exact) mass is 405 g/mol. The molecule has 5 aromatic rings. The molecule has 152 valence electrons. The van der Waals surface area contributed by atoms with Gasteiger partial charge in [-0.2, -0.15) is 5.10 Å². The van der Waals surface area contributed by atoms with Crippen LogP contribution in [0.2, 0.25) is 0 Å². The molecule has 0 aliphatic heterocycles. The molecule has 0 saturated carbocycles. The van der Waals surface area contributed by atoms with Crippen molar-refractivity contribution in [2.45, 2.75) is 19.9 Å². The van der Waals surface area contributed by atoms with Crippen molar-refractivity contribution in [1.82, 2.24) is 9.99 Å². The SMILES string of the molecule is C/C(=N\NC(=O)CCn1c2ccccc2c2ccccc21)c1ccc2ccccc2c1. The largest absolute Gasteiger partial charge is 0.340 e. The summed E-state index contributed by atoms with van der Waals surface area (Å²) in [5, 5.41) is 9.11. The summed E-state index contributed by atoms with van der Waals surface area (Å²) in [4.78, 5) is 12.5. The number of nitrogens with one attached hydrogen (secondary N) is 1. The van der Waals surface area contributed by atoms with Gasteiger partial charge in [0.05, 0.1) is 5.71 Å². The lowest BCUT2D eigenvalue weighted by Gasteiger charge is -2.08. The van der Waals surface area contributed by atoms with Crippen LogP contribution < -0.4 is 5.43 Å². The van der Waals surface area contributed by atoms with Crippen molar-refractivity contribution in [2.75, 3.05) is 0 Å². The van der Waals surface area contributed by atoms with Gasteiger partial charge in [-0.15, -0.1) is 0 Å². The van der Waals surface area contributed by atoms with Gasteiger partial charge in [-0.1, -0.05) is 72.8 Å². The average Bonchev–Trinajstić information content (AvgIpc) is 3.14. The smallest absolute Gasteiger partial charge is 0.241 e. The summed E-state index contributed by atoms with van der Waals surface area (Å²) in [6, 6.07) is 31.1. The van der Waals surface area contributed by atoms with E-state index in [4.69, 9.17) is 0 Å². The van der Waals surface area contributed by atoms with Gasteiger partial charge in [-0.05, 0) is 41.5 Å². The Morgan fingerprint density at radius 3 is 2.13 bits per heavy atom. The number of fused-ring (bicyclic) bond motifs is 4. The maximum atomic E-state index is 12.5. The molecule has 4 aromatic carbocycles. The third-order valence-electron chi connectivity index (χ3n) is 5.76. The minimum absolute atomic E-state index is 0.0954. The van der Waals surface area contributed by atoms with E-state index in [2.05, 4.69) is 75.8 Å². The molecule has 0 atom stereocenters. The Balaban J connectivity index is 1.32. The first-order chi connectivity index (χ1) is 15.2. The van der Waals surface area contributed by atoms with Gasteiger partial charge >= 0.3 is 0 Å². The molecule has 1 heterocycles. The molecule has 0 saturated heterocycles. The number of nitrogens with zero attached hydrogens (tertiary/aromatic N) is 2. The van der Waals surface area contributed by atoms with Crippen molar-refractivity contribution >= 4 is 44.2 Å². The van der Waals surface area contributed by atoms with E-state index in [1.54, 1.807) is 0 Å². The minimum atomic E-state index is -0.0954. The van der Waals surface area contributed by atoms with Crippen molar-refractivity contribution in [2.24, 2.45) is 5.10 Å². The first-order valence-electron chi connectivity index (χ1n) is 10.5. The summed E-state index contributed by atoms with van der Waals surface area (Å²) in [5.41, 5.74) is 6.80. The second-order valence-corrected chi connectivity index (χ2v) is 7.73. The van der Waals surface area contributed by atoms with Crippen LogP contribution in [0.3, 0.4) is 0 Å². The van der Waals surface area contributed by atoms with Crippen LogP contribution >= 0.6 is 0 Å². The van der Waals surface area contributed by atoms with Crippen LogP contribution in [0.5, 0.6) is 0 Å². The predicted molar refractivity (Wildman–Crippen MR) is 128 cm³/mol. The van der Waals surface area contributed by atoms with Crippen LogP contribution in [0.15, 0.2) is 96.1 Å². The van der Waals surface area contributed by atoms with E-state index in [0.717, 1.165) is 27.7 Å². The molecule has 4 heteroatoms. The van der Waals surface area contributed by atoms with E-state index < -0.39 is 0 Å². The molecule has 4 nitrogen and oxygen atoms in total. The standard InChI is InChI=1S/C27H23N3O/c1-19(21-15-14-20-8-2-3-9-22(20)18-21)28-29-27(31)16-17-30-25-12-6-4-10-23(25)24-11-5-7-13-26(24)30/h2-15,18H,16-17H2,1H3,(H,29,31)/b28-19+. The number of rotatable bonds is 5. The molecule has 0 spiro atoms. The topological polar surface area (TPSA) is 46.4 Å². The fraction of sp³-hybridized carbons (Fsp3) is 0.111. The number of amides is 1. The zero-order valence-electron chi connectivity index (χ0n) is 17.4. The van der Waals surface area contributed by atoms with E-state index >= 15 is 0 Å². The van der Waals surface area contributed by atoms with Crippen molar-refractivity contribution in [1.29, 1.82) is 0 Å². The number of carbonyl (C=O) groups excluding carboxylic acids is 1. The Bertz CT molecular complexity index is 1390. The predicted octanol–water partition coefficient (Wildman–Crippen LogP) is 5.88. The first-order valence-corrected chi connectivity index (χ1v) is 10.5.